The van der Waals surface area contributed by atoms with Gasteiger partial charge in [-0.2, -0.15) is 0 Å². The van der Waals surface area contributed by atoms with Gasteiger partial charge in [-0.1, -0.05) is 140 Å². The third-order valence-corrected chi connectivity index (χ3v) is 9.14. The molecule has 43 heavy (non-hydrogen) atoms. The van der Waals surface area contributed by atoms with Gasteiger partial charge in [0.2, 0.25) is 0 Å². The minimum Gasteiger partial charge on any atom is -0.228 e. The summed E-state index contributed by atoms with van der Waals surface area (Å²) in [6.45, 7) is 0. The van der Waals surface area contributed by atoms with Crippen LogP contribution in [0.5, 0.6) is 0 Å². The molecule has 0 amide bonds. The summed E-state index contributed by atoms with van der Waals surface area (Å²) in [6, 6.07) is 55.5. The molecule has 0 aliphatic heterocycles. The molecule has 202 valence electrons. The number of hydrogen-bond donors (Lipinski definition) is 0. The molecule has 8 rings (SSSR count). The van der Waals surface area contributed by atoms with Gasteiger partial charge in [0.05, 0.1) is 11.4 Å². The van der Waals surface area contributed by atoms with Crippen molar-refractivity contribution in [1.82, 2.24) is 9.97 Å². The first-order valence-electron chi connectivity index (χ1n) is 14.4. The zero-order valence-electron chi connectivity index (χ0n) is 23.3. The van der Waals surface area contributed by atoms with E-state index >= 15 is 0 Å². The van der Waals surface area contributed by atoms with Crippen LogP contribution in [0.4, 0.5) is 0 Å². The fraction of sp³-hybridized carbons (Fsp3) is 0. The SMILES string of the molecule is c1ccc(-c2cc(-c3cccc(-c4ccc(-c5cccc6c5sc5ccccc56)cc4)c3)nc(-c3ccccc3)n2)cc1. The molecular weight excluding hydrogens is 541 g/mol. The smallest absolute Gasteiger partial charge is 0.160 e. The van der Waals surface area contributed by atoms with Crippen LogP contribution in [0, 0.1) is 0 Å². The quantitative estimate of drug-likeness (QED) is 0.207. The molecule has 0 saturated carbocycles. The second kappa shape index (κ2) is 10.8. The van der Waals surface area contributed by atoms with E-state index < -0.39 is 0 Å². The highest BCUT2D eigenvalue weighted by molar-refractivity contribution is 7.26. The van der Waals surface area contributed by atoms with Crippen molar-refractivity contribution in [2.45, 2.75) is 0 Å². The summed E-state index contributed by atoms with van der Waals surface area (Å²) < 4.78 is 2.67. The van der Waals surface area contributed by atoms with Crippen molar-refractivity contribution in [2.75, 3.05) is 0 Å². The molecule has 6 aromatic carbocycles. The number of rotatable bonds is 5. The molecule has 0 bridgehead atoms. The van der Waals surface area contributed by atoms with Gasteiger partial charge in [-0.25, -0.2) is 9.97 Å². The Hall–Kier alpha value is -5.38. The van der Waals surface area contributed by atoms with Gasteiger partial charge in [-0.3, -0.25) is 0 Å². The van der Waals surface area contributed by atoms with E-state index in [-0.39, 0.29) is 0 Å². The van der Waals surface area contributed by atoms with E-state index in [1.54, 1.807) is 0 Å². The van der Waals surface area contributed by atoms with Crippen molar-refractivity contribution in [1.29, 1.82) is 0 Å². The van der Waals surface area contributed by atoms with E-state index in [1.165, 1.54) is 36.9 Å². The van der Waals surface area contributed by atoms with Crippen LogP contribution in [0.2, 0.25) is 0 Å². The maximum atomic E-state index is 5.02. The van der Waals surface area contributed by atoms with Gasteiger partial charge in [-0.15, -0.1) is 11.3 Å². The lowest BCUT2D eigenvalue weighted by Crippen LogP contribution is -1.96. The summed E-state index contributed by atoms with van der Waals surface area (Å²) in [5.74, 6) is 0.724. The van der Waals surface area contributed by atoms with Crippen LogP contribution in [0.25, 0.3) is 76.3 Å². The third kappa shape index (κ3) is 4.80. The van der Waals surface area contributed by atoms with Gasteiger partial charge in [0.25, 0.3) is 0 Å². The number of thiophene rings is 1. The van der Waals surface area contributed by atoms with E-state index in [2.05, 4.69) is 121 Å². The fourth-order valence-corrected chi connectivity index (χ4v) is 6.98. The van der Waals surface area contributed by atoms with Crippen molar-refractivity contribution in [2.24, 2.45) is 0 Å². The van der Waals surface area contributed by atoms with Crippen molar-refractivity contribution < 1.29 is 0 Å². The number of fused-ring (bicyclic) bond motifs is 3. The minimum atomic E-state index is 0.724. The van der Waals surface area contributed by atoms with Crippen LogP contribution >= 0.6 is 11.3 Å². The molecule has 2 heterocycles. The largest absolute Gasteiger partial charge is 0.228 e. The molecule has 3 heteroatoms. The lowest BCUT2D eigenvalue weighted by atomic mass is 9.97. The van der Waals surface area contributed by atoms with E-state index in [9.17, 15) is 0 Å². The molecule has 0 aliphatic rings. The predicted octanol–water partition coefficient (Wildman–Crippen LogP) is 11.2. The average Bonchev–Trinajstić information content (AvgIpc) is 3.48. The third-order valence-electron chi connectivity index (χ3n) is 7.92. The Morgan fingerprint density at radius 1 is 0.372 bits per heavy atom. The molecule has 2 nitrogen and oxygen atoms in total. The molecule has 0 atom stereocenters. The summed E-state index contributed by atoms with van der Waals surface area (Å²) in [4.78, 5) is 9.97. The van der Waals surface area contributed by atoms with E-state index in [0.29, 0.717) is 0 Å². The summed E-state index contributed by atoms with van der Waals surface area (Å²) in [5, 5.41) is 2.65. The van der Waals surface area contributed by atoms with Crippen LogP contribution in [0.3, 0.4) is 0 Å². The lowest BCUT2D eigenvalue weighted by molar-refractivity contribution is 1.18. The van der Waals surface area contributed by atoms with Gasteiger partial charge in [-0.05, 0) is 40.5 Å². The lowest BCUT2D eigenvalue weighted by Gasteiger charge is -2.11. The van der Waals surface area contributed by atoms with Crippen LogP contribution in [-0.2, 0) is 0 Å². The van der Waals surface area contributed by atoms with Gasteiger partial charge in [0.15, 0.2) is 5.82 Å². The first-order chi connectivity index (χ1) is 21.3. The Bertz CT molecular complexity index is 2160. The molecule has 8 aromatic rings. The maximum Gasteiger partial charge on any atom is 0.160 e. The monoisotopic (exact) mass is 566 g/mol. The molecule has 0 radical (unpaired) electrons. The van der Waals surface area contributed by atoms with E-state index in [0.717, 1.165) is 39.5 Å². The van der Waals surface area contributed by atoms with E-state index in [1.807, 2.05) is 47.7 Å². The zero-order chi connectivity index (χ0) is 28.6. The topological polar surface area (TPSA) is 25.8 Å². The fourth-order valence-electron chi connectivity index (χ4n) is 5.74. The second-order valence-corrected chi connectivity index (χ2v) is 11.7. The summed E-state index contributed by atoms with van der Waals surface area (Å²) in [7, 11) is 0. The maximum absolute atomic E-state index is 5.02. The Balaban J connectivity index is 1.18. The molecular formula is C40H26N2S. The van der Waals surface area contributed by atoms with Crippen LogP contribution in [0.15, 0.2) is 158 Å². The molecule has 0 aliphatic carbocycles. The zero-order valence-corrected chi connectivity index (χ0v) is 24.1. The second-order valence-electron chi connectivity index (χ2n) is 10.6. The Kier molecular flexibility index (Phi) is 6.36. The number of benzene rings is 6. The van der Waals surface area contributed by atoms with Crippen molar-refractivity contribution >= 4 is 31.5 Å². The summed E-state index contributed by atoms with van der Waals surface area (Å²) in [5.41, 5.74) is 9.80. The molecule has 0 fully saturated rings. The van der Waals surface area contributed by atoms with Crippen LogP contribution in [-0.4, -0.2) is 9.97 Å². The molecule has 0 saturated heterocycles. The predicted molar refractivity (Wildman–Crippen MR) is 182 cm³/mol. The Morgan fingerprint density at radius 2 is 0.953 bits per heavy atom. The standard InChI is InChI=1S/C40H26N2S/c1-3-11-29(12-4-1)36-26-37(42-40(41-36)30-13-5-2-6-14-30)32-16-9-15-31(25-32)27-21-23-28(24-22-27)33-18-10-19-35-34-17-7-8-20-38(34)43-39(33)35/h1-26H. The highest BCUT2D eigenvalue weighted by atomic mass is 32.1. The highest BCUT2D eigenvalue weighted by Gasteiger charge is 2.13. The normalized spacial score (nSPS) is 11.3. The van der Waals surface area contributed by atoms with Crippen LogP contribution < -0.4 is 0 Å². The highest BCUT2D eigenvalue weighted by Crippen LogP contribution is 2.40. The first kappa shape index (κ1) is 25.3. The Labute approximate surface area is 254 Å². The van der Waals surface area contributed by atoms with Crippen molar-refractivity contribution in [3.63, 3.8) is 0 Å². The first-order valence-corrected chi connectivity index (χ1v) is 15.2. The molecule has 0 unspecified atom stereocenters. The number of aromatic nitrogens is 2. The van der Waals surface area contributed by atoms with Gasteiger partial charge in [0.1, 0.15) is 0 Å². The molecule has 2 aromatic heterocycles. The van der Waals surface area contributed by atoms with Gasteiger partial charge >= 0.3 is 0 Å². The van der Waals surface area contributed by atoms with Gasteiger partial charge in [0, 0.05) is 36.9 Å². The number of hydrogen-bond acceptors (Lipinski definition) is 3. The van der Waals surface area contributed by atoms with Crippen molar-refractivity contribution in [3.8, 4) is 56.2 Å². The molecule has 0 spiro atoms. The van der Waals surface area contributed by atoms with Crippen molar-refractivity contribution in [3.05, 3.63) is 158 Å². The average molecular weight is 567 g/mol. The minimum absolute atomic E-state index is 0.724. The summed E-state index contributed by atoms with van der Waals surface area (Å²) >= 11 is 1.87. The number of nitrogens with zero attached hydrogens (tertiary/aromatic N) is 2. The van der Waals surface area contributed by atoms with E-state index in [4.69, 9.17) is 9.97 Å². The molecule has 0 N–H and O–H groups in total. The Morgan fingerprint density at radius 3 is 1.74 bits per heavy atom. The van der Waals surface area contributed by atoms with Crippen LogP contribution in [0.1, 0.15) is 0 Å². The van der Waals surface area contributed by atoms with Gasteiger partial charge < -0.3 is 0 Å². The summed E-state index contributed by atoms with van der Waals surface area (Å²) in [6.07, 6.45) is 0.